The van der Waals surface area contributed by atoms with Gasteiger partial charge in [0.2, 0.25) is 6.79 Å². The normalized spacial score (nSPS) is 14.1. The van der Waals surface area contributed by atoms with Crippen molar-refractivity contribution >= 4 is 23.1 Å². The van der Waals surface area contributed by atoms with E-state index < -0.39 is 0 Å². The monoisotopic (exact) mass is 266 g/mol. The van der Waals surface area contributed by atoms with Gasteiger partial charge in [0, 0.05) is 12.6 Å². The van der Waals surface area contributed by atoms with Gasteiger partial charge >= 0.3 is 0 Å². The number of hydrogen-bond donors (Lipinski definition) is 1. The number of amides is 1. The summed E-state index contributed by atoms with van der Waals surface area (Å²) in [5.41, 5.74) is 6.05. The minimum atomic E-state index is -0.294. The fraction of sp³-hybridized carbons (Fsp3) is 0.333. The number of rotatable bonds is 3. The lowest BCUT2D eigenvalue weighted by atomic mass is 10.1. The van der Waals surface area contributed by atoms with Crippen LogP contribution >= 0.6 is 12.2 Å². The van der Waals surface area contributed by atoms with Gasteiger partial charge in [0.15, 0.2) is 11.5 Å². The van der Waals surface area contributed by atoms with E-state index in [9.17, 15) is 4.79 Å². The fourth-order valence-electron chi connectivity index (χ4n) is 1.60. The first kappa shape index (κ1) is 12.6. The molecule has 1 aliphatic heterocycles. The fourth-order valence-corrected chi connectivity index (χ4v) is 1.76. The first-order valence-electron chi connectivity index (χ1n) is 5.47. The van der Waals surface area contributed by atoms with E-state index in [0.717, 1.165) is 0 Å². The molecular formula is C12H14N2O3S. The van der Waals surface area contributed by atoms with Crippen LogP contribution in [-0.4, -0.2) is 35.7 Å². The highest BCUT2D eigenvalue weighted by Gasteiger charge is 2.22. The van der Waals surface area contributed by atoms with Crippen LogP contribution < -0.4 is 15.2 Å². The molecule has 5 nitrogen and oxygen atoms in total. The van der Waals surface area contributed by atoms with Crippen LogP contribution in [0.25, 0.3) is 0 Å². The molecule has 0 saturated heterocycles. The number of carbonyl (C=O) groups is 1. The van der Waals surface area contributed by atoms with Crippen molar-refractivity contribution in [3.63, 3.8) is 0 Å². The summed E-state index contributed by atoms with van der Waals surface area (Å²) in [6.07, 6.45) is 0. The largest absolute Gasteiger partial charge is 0.454 e. The summed E-state index contributed by atoms with van der Waals surface area (Å²) in [5.74, 6) is 1.07. The number of likely N-dealkylation sites (N-methyl/N-ethyl adjacent to an activating group) is 1. The van der Waals surface area contributed by atoms with Gasteiger partial charge in [-0.05, 0) is 25.1 Å². The van der Waals surface area contributed by atoms with Gasteiger partial charge in [0.1, 0.15) is 0 Å². The van der Waals surface area contributed by atoms with Gasteiger partial charge in [-0.1, -0.05) is 12.2 Å². The number of fused-ring (bicyclic) bond motifs is 1. The second kappa shape index (κ2) is 4.81. The molecule has 0 aliphatic carbocycles. The van der Waals surface area contributed by atoms with E-state index in [4.69, 9.17) is 27.4 Å². The average Bonchev–Trinajstić information content (AvgIpc) is 2.82. The van der Waals surface area contributed by atoms with Crippen LogP contribution in [0.15, 0.2) is 18.2 Å². The highest BCUT2D eigenvalue weighted by molar-refractivity contribution is 7.80. The second-order valence-electron chi connectivity index (χ2n) is 4.06. The Kier molecular flexibility index (Phi) is 3.38. The Morgan fingerprint density at radius 1 is 1.44 bits per heavy atom. The lowest BCUT2D eigenvalue weighted by Gasteiger charge is -2.24. The van der Waals surface area contributed by atoms with Gasteiger partial charge in [0.05, 0.1) is 11.0 Å². The number of thiocarbonyl (C=S) groups is 1. The van der Waals surface area contributed by atoms with Crippen molar-refractivity contribution in [1.82, 2.24) is 4.90 Å². The minimum absolute atomic E-state index is 0.159. The van der Waals surface area contributed by atoms with Crippen molar-refractivity contribution in [2.24, 2.45) is 5.73 Å². The van der Waals surface area contributed by atoms with E-state index in [0.29, 0.717) is 17.1 Å². The highest BCUT2D eigenvalue weighted by Crippen LogP contribution is 2.32. The van der Waals surface area contributed by atoms with Crippen LogP contribution in [0.3, 0.4) is 0 Å². The maximum Gasteiger partial charge on any atom is 0.254 e. The predicted molar refractivity (Wildman–Crippen MR) is 70.9 cm³/mol. The van der Waals surface area contributed by atoms with E-state index in [1.165, 1.54) is 4.90 Å². The van der Waals surface area contributed by atoms with E-state index in [1.807, 2.05) is 0 Å². The molecule has 0 bridgehead atoms. The molecule has 6 heteroatoms. The molecule has 0 spiro atoms. The molecule has 0 aromatic heterocycles. The Balaban J connectivity index is 2.21. The molecule has 1 aromatic rings. The van der Waals surface area contributed by atoms with Gasteiger partial charge in [-0.2, -0.15) is 0 Å². The smallest absolute Gasteiger partial charge is 0.254 e. The molecular weight excluding hydrogens is 252 g/mol. The van der Waals surface area contributed by atoms with E-state index in [1.54, 1.807) is 32.2 Å². The van der Waals surface area contributed by atoms with E-state index in [-0.39, 0.29) is 23.7 Å². The molecule has 0 fully saturated rings. The van der Waals surface area contributed by atoms with Crippen LogP contribution in [-0.2, 0) is 0 Å². The first-order valence-corrected chi connectivity index (χ1v) is 5.87. The average molecular weight is 266 g/mol. The highest BCUT2D eigenvalue weighted by atomic mass is 32.1. The topological polar surface area (TPSA) is 64.8 Å². The zero-order valence-corrected chi connectivity index (χ0v) is 11.0. The van der Waals surface area contributed by atoms with Crippen molar-refractivity contribution in [2.45, 2.75) is 13.0 Å². The van der Waals surface area contributed by atoms with Crippen molar-refractivity contribution in [2.75, 3.05) is 13.8 Å². The number of ether oxygens (including phenoxy) is 2. The van der Waals surface area contributed by atoms with Crippen LogP contribution in [0.5, 0.6) is 11.5 Å². The molecule has 2 N–H and O–H groups in total. The van der Waals surface area contributed by atoms with Gasteiger partial charge in [-0.15, -0.1) is 0 Å². The van der Waals surface area contributed by atoms with Crippen molar-refractivity contribution in [1.29, 1.82) is 0 Å². The SMILES string of the molecule is CC(C(N)=S)N(C)C(=O)c1ccc2c(c1)OCO2. The van der Waals surface area contributed by atoms with Crippen molar-refractivity contribution < 1.29 is 14.3 Å². The molecule has 0 saturated carbocycles. The predicted octanol–water partition coefficient (Wildman–Crippen LogP) is 1.16. The Labute approximate surface area is 110 Å². The van der Waals surface area contributed by atoms with Crippen LogP contribution in [0.4, 0.5) is 0 Å². The lowest BCUT2D eigenvalue weighted by Crippen LogP contribution is -2.42. The summed E-state index contributed by atoms with van der Waals surface area (Å²) in [7, 11) is 1.66. The van der Waals surface area contributed by atoms with Crippen LogP contribution in [0.1, 0.15) is 17.3 Å². The molecule has 96 valence electrons. The molecule has 2 rings (SSSR count). The number of hydrogen-bond acceptors (Lipinski definition) is 4. The van der Waals surface area contributed by atoms with Crippen molar-refractivity contribution in [3.05, 3.63) is 23.8 Å². The maximum absolute atomic E-state index is 12.2. The summed E-state index contributed by atoms with van der Waals surface area (Å²) in [6.45, 7) is 1.97. The molecule has 1 aliphatic rings. The number of nitrogens with two attached hydrogens (primary N) is 1. The third-order valence-electron chi connectivity index (χ3n) is 2.93. The van der Waals surface area contributed by atoms with Crippen molar-refractivity contribution in [3.8, 4) is 11.5 Å². The second-order valence-corrected chi connectivity index (χ2v) is 4.53. The summed E-state index contributed by atoms with van der Waals surface area (Å²) >= 11 is 4.88. The Bertz CT molecular complexity index is 504. The standard InChI is InChI=1S/C12H14N2O3S/c1-7(11(13)18)14(2)12(15)8-3-4-9-10(5-8)17-6-16-9/h3-5,7H,6H2,1-2H3,(H2,13,18). The third kappa shape index (κ3) is 2.24. The van der Waals surface area contributed by atoms with E-state index in [2.05, 4.69) is 0 Å². The molecule has 1 aromatic carbocycles. The summed E-state index contributed by atoms with van der Waals surface area (Å²) in [5, 5.41) is 0. The number of benzene rings is 1. The minimum Gasteiger partial charge on any atom is -0.454 e. The summed E-state index contributed by atoms with van der Waals surface area (Å²) < 4.78 is 10.4. The molecule has 18 heavy (non-hydrogen) atoms. The first-order chi connectivity index (χ1) is 8.50. The van der Waals surface area contributed by atoms with Gasteiger partial charge in [0.25, 0.3) is 5.91 Å². The van der Waals surface area contributed by atoms with Gasteiger partial charge in [-0.3, -0.25) is 4.79 Å². The Morgan fingerprint density at radius 3 is 2.78 bits per heavy atom. The summed E-state index contributed by atoms with van der Waals surface area (Å²) in [4.78, 5) is 14.0. The molecule has 1 amide bonds. The lowest BCUT2D eigenvalue weighted by molar-refractivity contribution is 0.0778. The zero-order valence-electron chi connectivity index (χ0n) is 10.2. The quantitative estimate of drug-likeness (QED) is 0.832. The number of nitrogens with zero attached hydrogens (tertiary/aromatic N) is 1. The zero-order chi connectivity index (χ0) is 13.3. The Morgan fingerprint density at radius 2 is 2.11 bits per heavy atom. The molecule has 1 atom stereocenters. The van der Waals surface area contributed by atoms with E-state index >= 15 is 0 Å². The maximum atomic E-state index is 12.2. The van der Waals surface area contributed by atoms with Gasteiger partial charge in [-0.25, -0.2) is 0 Å². The molecule has 1 heterocycles. The number of carbonyl (C=O) groups excluding carboxylic acids is 1. The Hall–Kier alpha value is -1.82. The third-order valence-corrected chi connectivity index (χ3v) is 3.27. The van der Waals surface area contributed by atoms with Crippen LogP contribution in [0.2, 0.25) is 0 Å². The molecule has 1 unspecified atom stereocenters. The summed E-state index contributed by atoms with van der Waals surface area (Å²) in [6, 6.07) is 4.78. The molecule has 0 radical (unpaired) electrons. The van der Waals surface area contributed by atoms with Crippen LogP contribution in [0, 0.1) is 0 Å². The van der Waals surface area contributed by atoms with Gasteiger partial charge < -0.3 is 20.1 Å².